The Kier molecular flexibility index (Phi) is 5.09. The molecule has 1 saturated heterocycles. The molecule has 0 aromatic carbocycles. The van der Waals surface area contributed by atoms with Crippen LogP contribution in [0.1, 0.15) is 40.0 Å². The molecule has 1 N–H and O–H groups in total. The van der Waals surface area contributed by atoms with E-state index in [1.165, 1.54) is 19.4 Å². The molecule has 0 aliphatic carbocycles. The predicted molar refractivity (Wildman–Crippen MR) is 62.7 cm³/mol. The van der Waals surface area contributed by atoms with Crippen LogP contribution in [0.15, 0.2) is 0 Å². The summed E-state index contributed by atoms with van der Waals surface area (Å²) in [7, 11) is 0. The third-order valence-electron chi connectivity index (χ3n) is 2.85. The van der Waals surface area contributed by atoms with Crippen LogP contribution in [0.25, 0.3) is 0 Å². The van der Waals surface area contributed by atoms with Crippen LogP contribution in [0.5, 0.6) is 0 Å². The molecule has 1 aliphatic heterocycles. The summed E-state index contributed by atoms with van der Waals surface area (Å²) in [6.45, 7) is 9.54. The van der Waals surface area contributed by atoms with Gasteiger partial charge in [-0.25, -0.2) is 0 Å². The molecule has 0 aromatic rings. The topological polar surface area (TPSA) is 32.3 Å². The lowest BCUT2D eigenvalue weighted by atomic mass is 10.0. The normalized spacial score (nSPS) is 23.1. The first-order valence-electron chi connectivity index (χ1n) is 6.09. The molecule has 1 amide bonds. The van der Waals surface area contributed by atoms with Gasteiger partial charge in [0.25, 0.3) is 0 Å². The van der Waals surface area contributed by atoms with Crippen LogP contribution >= 0.6 is 0 Å². The number of carbonyl (C=O) groups excluding carboxylic acids is 1. The summed E-state index contributed by atoms with van der Waals surface area (Å²) < 4.78 is 0. The Morgan fingerprint density at radius 1 is 1.53 bits per heavy atom. The monoisotopic (exact) mass is 212 g/mol. The van der Waals surface area contributed by atoms with Crippen molar-refractivity contribution in [3.8, 4) is 0 Å². The Balaban J connectivity index is 2.16. The molecular formula is C12H24N2O. The lowest BCUT2D eigenvalue weighted by molar-refractivity contribution is -0.122. The number of piperidine rings is 1. The van der Waals surface area contributed by atoms with Crippen LogP contribution in [-0.4, -0.2) is 36.5 Å². The molecule has 0 saturated carbocycles. The molecule has 0 aromatic heterocycles. The molecule has 1 atom stereocenters. The van der Waals surface area contributed by atoms with Crippen molar-refractivity contribution in [3.63, 3.8) is 0 Å². The second kappa shape index (κ2) is 6.11. The average molecular weight is 212 g/mol. The fourth-order valence-corrected chi connectivity index (χ4v) is 2.14. The van der Waals surface area contributed by atoms with Gasteiger partial charge in [0.2, 0.25) is 5.91 Å². The van der Waals surface area contributed by atoms with Gasteiger partial charge < -0.3 is 10.2 Å². The molecule has 88 valence electrons. The number of nitrogens with zero attached hydrogens (tertiary/aromatic N) is 1. The molecule has 1 heterocycles. The van der Waals surface area contributed by atoms with Crippen LogP contribution in [-0.2, 0) is 4.79 Å². The molecule has 1 aliphatic rings. The van der Waals surface area contributed by atoms with Gasteiger partial charge in [-0.3, -0.25) is 4.79 Å². The van der Waals surface area contributed by atoms with Crippen LogP contribution in [0.4, 0.5) is 0 Å². The summed E-state index contributed by atoms with van der Waals surface area (Å²) in [4.78, 5) is 13.9. The maximum Gasteiger partial charge on any atom is 0.221 e. The van der Waals surface area contributed by atoms with Gasteiger partial charge in [0.15, 0.2) is 0 Å². The Morgan fingerprint density at radius 3 is 2.87 bits per heavy atom. The Labute approximate surface area is 93.2 Å². The van der Waals surface area contributed by atoms with Crippen LogP contribution in [0.3, 0.4) is 0 Å². The van der Waals surface area contributed by atoms with Gasteiger partial charge in [0, 0.05) is 25.6 Å². The van der Waals surface area contributed by atoms with Crippen LogP contribution in [0.2, 0.25) is 0 Å². The first-order chi connectivity index (χ1) is 7.08. The fourth-order valence-electron chi connectivity index (χ4n) is 2.14. The summed E-state index contributed by atoms with van der Waals surface area (Å²) in [6, 6.07) is 0.262. The molecule has 1 fully saturated rings. The zero-order valence-corrected chi connectivity index (χ0v) is 10.3. The van der Waals surface area contributed by atoms with Gasteiger partial charge in [-0.15, -0.1) is 0 Å². The van der Waals surface area contributed by atoms with E-state index in [1.54, 1.807) is 0 Å². The summed E-state index contributed by atoms with van der Waals surface area (Å²) in [5.74, 6) is 0.982. The van der Waals surface area contributed by atoms with Gasteiger partial charge in [0.05, 0.1) is 0 Å². The Bertz CT molecular complexity index is 204. The number of likely N-dealkylation sites (tertiary alicyclic amines) is 1. The number of nitrogens with one attached hydrogen (secondary N) is 1. The number of rotatable bonds is 4. The predicted octanol–water partition coefficient (Wildman–Crippen LogP) is 1.63. The molecule has 1 rings (SSSR count). The van der Waals surface area contributed by atoms with Crippen LogP contribution < -0.4 is 5.32 Å². The second-order valence-corrected chi connectivity index (χ2v) is 5.02. The Morgan fingerprint density at radius 2 is 2.27 bits per heavy atom. The van der Waals surface area contributed by atoms with Crippen molar-refractivity contribution in [1.82, 2.24) is 10.2 Å². The Hall–Kier alpha value is -0.570. The smallest absolute Gasteiger partial charge is 0.221 e. The average Bonchev–Trinajstić information content (AvgIpc) is 2.14. The van der Waals surface area contributed by atoms with Crippen molar-refractivity contribution in [2.45, 2.75) is 46.1 Å². The number of carbonyl (C=O) groups is 1. The van der Waals surface area contributed by atoms with E-state index in [4.69, 9.17) is 0 Å². The van der Waals surface area contributed by atoms with Gasteiger partial charge in [-0.1, -0.05) is 6.92 Å². The number of amides is 1. The molecule has 3 heteroatoms. The summed E-state index contributed by atoms with van der Waals surface area (Å²) in [5, 5.41) is 2.93. The third kappa shape index (κ3) is 5.17. The first-order valence-corrected chi connectivity index (χ1v) is 6.09. The van der Waals surface area contributed by atoms with E-state index >= 15 is 0 Å². The van der Waals surface area contributed by atoms with E-state index in [2.05, 4.69) is 17.1 Å². The quantitative estimate of drug-likeness (QED) is 0.768. The standard InChI is InChI=1S/C12H24N2O/c1-10(2)13-12(15)6-8-14-7-4-5-11(3)9-14/h10-11H,4-9H2,1-3H3,(H,13,15). The van der Waals surface area contributed by atoms with E-state index in [9.17, 15) is 4.79 Å². The fraction of sp³-hybridized carbons (Fsp3) is 0.917. The first kappa shape index (κ1) is 12.5. The molecule has 0 spiro atoms. The molecule has 0 radical (unpaired) electrons. The maximum atomic E-state index is 11.4. The number of hydrogen-bond acceptors (Lipinski definition) is 2. The second-order valence-electron chi connectivity index (χ2n) is 5.02. The summed E-state index contributed by atoms with van der Waals surface area (Å²) in [5.41, 5.74) is 0. The van der Waals surface area contributed by atoms with E-state index in [0.29, 0.717) is 6.42 Å². The van der Waals surface area contributed by atoms with Crippen molar-refractivity contribution in [2.75, 3.05) is 19.6 Å². The minimum Gasteiger partial charge on any atom is -0.354 e. The number of hydrogen-bond donors (Lipinski definition) is 1. The molecule has 3 nitrogen and oxygen atoms in total. The van der Waals surface area contributed by atoms with Crippen molar-refractivity contribution in [3.05, 3.63) is 0 Å². The molecule has 1 unspecified atom stereocenters. The highest BCUT2D eigenvalue weighted by molar-refractivity contribution is 5.76. The van der Waals surface area contributed by atoms with Gasteiger partial charge >= 0.3 is 0 Å². The van der Waals surface area contributed by atoms with E-state index in [-0.39, 0.29) is 11.9 Å². The zero-order chi connectivity index (χ0) is 11.3. The minimum atomic E-state index is 0.184. The van der Waals surface area contributed by atoms with Gasteiger partial charge in [-0.05, 0) is 39.2 Å². The van der Waals surface area contributed by atoms with E-state index in [1.807, 2.05) is 13.8 Å². The maximum absolute atomic E-state index is 11.4. The molecule has 15 heavy (non-hydrogen) atoms. The van der Waals surface area contributed by atoms with Crippen LogP contribution in [0, 0.1) is 5.92 Å². The lowest BCUT2D eigenvalue weighted by Crippen LogP contribution is -2.38. The molecular weight excluding hydrogens is 188 g/mol. The summed E-state index contributed by atoms with van der Waals surface area (Å²) in [6.07, 6.45) is 3.27. The molecule has 0 bridgehead atoms. The lowest BCUT2D eigenvalue weighted by Gasteiger charge is -2.30. The highest BCUT2D eigenvalue weighted by atomic mass is 16.1. The van der Waals surface area contributed by atoms with Gasteiger partial charge in [-0.2, -0.15) is 0 Å². The largest absolute Gasteiger partial charge is 0.354 e. The SMILES string of the molecule is CC1CCCN(CCC(=O)NC(C)C)C1. The zero-order valence-electron chi connectivity index (χ0n) is 10.3. The van der Waals surface area contributed by atoms with E-state index in [0.717, 1.165) is 19.0 Å². The van der Waals surface area contributed by atoms with Crippen molar-refractivity contribution < 1.29 is 4.79 Å². The highest BCUT2D eigenvalue weighted by Gasteiger charge is 2.16. The van der Waals surface area contributed by atoms with Crippen molar-refractivity contribution in [2.24, 2.45) is 5.92 Å². The summed E-state index contributed by atoms with van der Waals surface area (Å²) >= 11 is 0. The van der Waals surface area contributed by atoms with Crippen molar-refractivity contribution >= 4 is 5.91 Å². The minimum absolute atomic E-state index is 0.184. The van der Waals surface area contributed by atoms with Gasteiger partial charge in [0.1, 0.15) is 0 Å². The highest BCUT2D eigenvalue weighted by Crippen LogP contribution is 2.15. The van der Waals surface area contributed by atoms with Crippen molar-refractivity contribution in [1.29, 1.82) is 0 Å². The third-order valence-corrected chi connectivity index (χ3v) is 2.85. The van der Waals surface area contributed by atoms with E-state index < -0.39 is 0 Å².